The van der Waals surface area contributed by atoms with Gasteiger partial charge >= 0.3 is 0 Å². The van der Waals surface area contributed by atoms with E-state index in [4.69, 9.17) is 4.42 Å². The molecule has 0 bridgehead atoms. The zero-order chi connectivity index (χ0) is 33.5. The maximum atomic E-state index is 6.54. The molecule has 240 valence electrons. The second-order valence-corrected chi connectivity index (χ2v) is 13.7. The van der Waals surface area contributed by atoms with Crippen LogP contribution < -0.4 is 4.90 Å². The first kappa shape index (κ1) is 28.3. The van der Waals surface area contributed by atoms with Crippen LogP contribution in [0.3, 0.4) is 0 Å². The minimum Gasteiger partial charge on any atom is -0.454 e. The molecule has 3 heterocycles. The Bertz CT molecular complexity index is 2890. The normalized spacial score (nSPS) is 16.6. The molecule has 0 amide bonds. The van der Waals surface area contributed by atoms with Crippen molar-refractivity contribution >= 4 is 60.7 Å². The Balaban J connectivity index is 1.02. The Hall–Kier alpha value is -6.58. The fourth-order valence-corrected chi connectivity index (χ4v) is 8.63. The lowest BCUT2D eigenvalue weighted by atomic mass is 9.86. The van der Waals surface area contributed by atoms with Gasteiger partial charge < -0.3 is 13.9 Å². The summed E-state index contributed by atoms with van der Waals surface area (Å²) in [6, 6.07) is 59.1. The van der Waals surface area contributed by atoms with E-state index >= 15 is 0 Å². The van der Waals surface area contributed by atoms with E-state index in [0.717, 1.165) is 33.3 Å². The topological polar surface area (TPSA) is 21.3 Å². The Labute approximate surface area is 295 Å². The number of para-hydroxylation sites is 4. The van der Waals surface area contributed by atoms with Gasteiger partial charge in [0.05, 0.1) is 22.8 Å². The maximum absolute atomic E-state index is 6.54. The molecule has 3 heteroatoms. The molecule has 51 heavy (non-hydrogen) atoms. The average molecular weight is 653 g/mol. The number of benzene rings is 7. The van der Waals surface area contributed by atoms with Crippen LogP contribution in [0.1, 0.15) is 17.0 Å². The van der Waals surface area contributed by atoms with Crippen molar-refractivity contribution in [1.82, 2.24) is 4.57 Å². The van der Waals surface area contributed by atoms with Crippen LogP contribution in [0.5, 0.6) is 0 Å². The van der Waals surface area contributed by atoms with Crippen LogP contribution in [0.25, 0.3) is 66.1 Å². The molecule has 2 unspecified atom stereocenters. The van der Waals surface area contributed by atoms with Gasteiger partial charge in [0, 0.05) is 38.8 Å². The summed E-state index contributed by atoms with van der Waals surface area (Å²) in [5, 5.41) is 4.82. The molecule has 0 saturated heterocycles. The van der Waals surface area contributed by atoms with Crippen molar-refractivity contribution in [1.29, 1.82) is 0 Å². The minimum atomic E-state index is 0.146. The van der Waals surface area contributed by atoms with Crippen molar-refractivity contribution in [2.75, 3.05) is 4.90 Å². The molecular formula is C48H32N2O. The molecule has 11 rings (SSSR count). The fraction of sp³-hybridized carbons (Fsp3) is 0.0417. The number of nitrogens with zero attached hydrogens (tertiary/aromatic N) is 2. The first-order chi connectivity index (χ1) is 25.3. The standard InChI is InChI=1S/C48H32N2O/c1-2-12-31(13-3-1)32-14-10-15-35(28-32)49-42-20-7-4-16-36(42)40-29-33(24-26-44(40)49)34-25-27-45-41(30-34)37-17-5-8-21-43(37)50(45)46-22-11-19-39-38-18-6-9-23-47(38)51-48(39)46/h1-30,41,45H. The lowest BCUT2D eigenvalue weighted by Crippen LogP contribution is -2.29. The third-order valence-electron chi connectivity index (χ3n) is 10.9. The highest BCUT2D eigenvalue weighted by Gasteiger charge is 2.39. The SMILES string of the molecule is C1=CC2C(C=C1c1ccc3c(c1)c1ccccc1n3-c1cccc(-c3ccccc3)c1)c1ccccc1N2c1cccc2c1oc1ccccc12. The van der Waals surface area contributed by atoms with Crippen molar-refractivity contribution < 1.29 is 4.42 Å². The summed E-state index contributed by atoms with van der Waals surface area (Å²) in [6.45, 7) is 0. The van der Waals surface area contributed by atoms with Gasteiger partial charge in [0.15, 0.2) is 5.58 Å². The number of anilines is 2. The molecule has 3 nitrogen and oxygen atoms in total. The van der Waals surface area contributed by atoms with Gasteiger partial charge in [0.1, 0.15) is 5.58 Å². The van der Waals surface area contributed by atoms with E-state index in [1.165, 1.54) is 55.3 Å². The highest BCUT2D eigenvalue weighted by atomic mass is 16.3. The Morgan fingerprint density at radius 3 is 2.16 bits per heavy atom. The molecule has 0 N–H and O–H groups in total. The van der Waals surface area contributed by atoms with Gasteiger partial charge in [-0.05, 0) is 76.4 Å². The molecule has 2 atom stereocenters. The Morgan fingerprint density at radius 1 is 0.490 bits per heavy atom. The number of aromatic nitrogens is 1. The highest BCUT2D eigenvalue weighted by Crippen LogP contribution is 2.51. The zero-order valence-corrected chi connectivity index (χ0v) is 27.8. The lowest BCUT2D eigenvalue weighted by molar-refractivity contribution is 0.664. The number of rotatable bonds is 4. The first-order valence-electron chi connectivity index (χ1n) is 17.7. The second-order valence-electron chi connectivity index (χ2n) is 13.7. The monoisotopic (exact) mass is 652 g/mol. The summed E-state index contributed by atoms with van der Waals surface area (Å²) in [6.07, 6.45) is 7.19. The van der Waals surface area contributed by atoms with Gasteiger partial charge in [-0.2, -0.15) is 0 Å². The third-order valence-corrected chi connectivity index (χ3v) is 10.9. The van der Waals surface area contributed by atoms with Crippen LogP contribution in [-0.4, -0.2) is 10.6 Å². The van der Waals surface area contributed by atoms with E-state index in [0.29, 0.717) is 0 Å². The summed E-state index contributed by atoms with van der Waals surface area (Å²) in [5.41, 5.74) is 14.0. The van der Waals surface area contributed by atoms with Crippen LogP contribution >= 0.6 is 0 Å². The van der Waals surface area contributed by atoms with Gasteiger partial charge in [-0.25, -0.2) is 0 Å². The van der Waals surface area contributed by atoms with Crippen LogP contribution in [-0.2, 0) is 0 Å². The van der Waals surface area contributed by atoms with Crippen molar-refractivity contribution in [2.45, 2.75) is 12.0 Å². The van der Waals surface area contributed by atoms with Gasteiger partial charge in [0.2, 0.25) is 0 Å². The van der Waals surface area contributed by atoms with E-state index < -0.39 is 0 Å². The van der Waals surface area contributed by atoms with Crippen LogP contribution in [0.2, 0.25) is 0 Å². The fourth-order valence-electron chi connectivity index (χ4n) is 8.63. The Morgan fingerprint density at radius 2 is 1.22 bits per heavy atom. The smallest absolute Gasteiger partial charge is 0.159 e. The van der Waals surface area contributed by atoms with Crippen molar-refractivity contribution in [3.8, 4) is 16.8 Å². The lowest BCUT2D eigenvalue weighted by Gasteiger charge is -2.29. The number of hydrogen-bond acceptors (Lipinski definition) is 2. The van der Waals surface area contributed by atoms with E-state index in [1.807, 2.05) is 6.07 Å². The van der Waals surface area contributed by atoms with E-state index in [-0.39, 0.29) is 12.0 Å². The quantitative estimate of drug-likeness (QED) is 0.189. The average Bonchev–Trinajstić information content (AvgIpc) is 3.86. The summed E-state index contributed by atoms with van der Waals surface area (Å²) >= 11 is 0. The molecular weight excluding hydrogens is 621 g/mol. The number of allylic oxidation sites excluding steroid dienone is 2. The summed E-state index contributed by atoms with van der Waals surface area (Å²) in [7, 11) is 0. The van der Waals surface area contributed by atoms with Gasteiger partial charge in [-0.1, -0.05) is 133 Å². The second kappa shape index (κ2) is 11.0. The molecule has 0 fully saturated rings. The van der Waals surface area contributed by atoms with Crippen molar-refractivity contribution in [3.05, 3.63) is 193 Å². The van der Waals surface area contributed by atoms with Gasteiger partial charge in [0.25, 0.3) is 0 Å². The van der Waals surface area contributed by atoms with E-state index in [1.54, 1.807) is 0 Å². The molecule has 0 saturated carbocycles. The number of hydrogen-bond donors (Lipinski definition) is 0. The molecule has 9 aromatic rings. The Kier molecular flexibility index (Phi) is 6.08. The largest absolute Gasteiger partial charge is 0.454 e. The summed E-state index contributed by atoms with van der Waals surface area (Å²) in [5.74, 6) is 0.207. The molecule has 1 aliphatic heterocycles. The predicted octanol–water partition coefficient (Wildman–Crippen LogP) is 12.6. The van der Waals surface area contributed by atoms with Gasteiger partial charge in [-0.3, -0.25) is 0 Å². The number of fused-ring (bicyclic) bond motifs is 9. The van der Waals surface area contributed by atoms with Crippen LogP contribution in [0, 0.1) is 0 Å². The van der Waals surface area contributed by atoms with Crippen molar-refractivity contribution in [2.24, 2.45) is 0 Å². The van der Waals surface area contributed by atoms with E-state index in [2.05, 4.69) is 185 Å². The third kappa shape index (κ3) is 4.25. The highest BCUT2D eigenvalue weighted by molar-refractivity contribution is 6.11. The predicted molar refractivity (Wildman–Crippen MR) is 212 cm³/mol. The summed E-state index contributed by atoms with van der Waals surface area (Å²) in [4.78, 5) is 2.48. The minimum absolute atomic E-state index is 0.146. The maximum Gasteiger partial charge on any atom is 0.159 e. The van der Waals surface area contributed by atoms with E-state index in [9.17, 15) is 0 Å². The molecule has 1 aliphatic carbocycles. The van der Waals surface area contributed by atoms with Crippen LogP contribution in [0.15, 0.2) is 186 Å². The molecule has 0 radical (unpaired) electrons. The molecule has 0 spiro atoms. The number of furan rings is 1. The molecule has 2 aliphatic rings. The van der Waals surface area contributed by atoms with Gasteiger partial charge in [-0.15, -0.1) is 0 Å². The molecule has 7 aromatic carbocycles. The molecule has 2 aromatic heterocycles. The zero-order valence-electron chi connectivity index (χ0n) is 27.8. The first-order valence-corrected chi connectivity index (χ1v) is 17.7. The van der Waals surface area contributed by atoms with Crippen LogP contribution in [0.4, 0.5) is 11.4 Å². The van der Waals surface area contributed by atoms with Crippen molar-refractivity contribution in [3.63, 3.8) is 0 Å². The summed E-state index contributed by atoms with van der Waals surface area (Å²) < 4.78 is 8.95.